The van der Waals surface area contributed by atoms with E-state index in [0.29, 0.717) is 53.4 Å². The number of hydrogen-bond donors (Lipinski definition) is 2. The normalized spacial score (nSPS) is 10.8. The molecule has 0 saturated carbocycles. The van der Waals surface area contributed by atoms with Crippen LogP contribution in [0.2, 0.25) is 0 Å². The van der Waals surface area contributed by atoms with Gasteiger partial charge in [-0.25, -0.2) is 9.97 Å². The molecule has 8 heteroatoms. The quantitative estimate of drug-likeness (QED) is 0.229. The van der Waals surface area contributed by atoms with Gasteiger partial charge in [0.1, 0.15) is 17.9 Å². The molecule has 0 radical (unpaired) electrons. The van der Waals surface area contributed by atoms with Crippen molar-refractivity contribution in [3.05, 3.63) is 95.3 Å². The minimum atomic E-state index is -0.536. The van der Waals surface area contributed by atoms with Gasteiger partial charge in [0.15, 0.2) is 5.78 Å². The van der Waals surface area contributed by atoms with Crippen LogP contribution in [0.4, 0.5) is 5.82 Å². The van der Waals surface area contributed by atoms with Crippen molar-refractivity contribution in [2.24, 2.45) is 5.73 Å². The minimum absolute atomic E-state index is 0.0169. The van der Waals surface area contributed by atoms with E-state index in [1.807, 2.05) is 42.5 Å². The average Bonchev–Trinajstić information content (AvgIpc) is 2.90. The molecule has 0 aliphatic carbocycles. The van der Waals surface area contributed by atoms with Crippen molar-refractivity contribution in [2.75, 3.05) is 25.6 Å². The number of nitrogens with two attached hydrogens (primary N) is 1. The second-order valence-electron chi connectivity index (χ2n) is 8.28. The zero-order valence-corrected chi connectivity index (χ0v) is 20.1. The third-order valence-electron chi connectivity index (χ3n) is 5.66. The van der Waals surface area contributed by atoms with Gasteiger partial charge in [-0.15, -0.1) is 0 Å². The fraction of sp³-hybridized carbons (Fsp3) is 0.214. The predicted molar refractivity (Wildman–Crippen MR) is 138 cm³/mol. The molecule has 4 aromatic rings. The summed E-state index contributed by atoms with van der Waals surface area (Å²) in [4.78, 5) is 33.2. The Balaban J connectivity index is 1.42. The standard InChI is InChI=1S/C28H28N4O4/c1-35-12-5-13-36-22-9-3-8-21(16-22)25(33)15-19-6-2-7-20(14-19)17-30-28-24-11-4-10-23(27(29)34)26(24)31-18-32-28/h2-4,6-11,14,16,18H,5,12-13,15,17H2,1H3,(H2,29,34)(H,30,31,32). The molecule has 3 aromatic carbocycles. The Morgan fingerprint density at radius 2 is 1.75 bits per heavy atom. The van der Waals surface area contributed by atoms with Crippen molar-refractivity contribution in [3.8, 4) is 5.75 Å². The first-order valence-electron chi connectivity index (χ1n) is 11.7. The fourth-order valence-corrected chi connectivity index (χ4v) is 3.90. The number of fused-ring (bicyclic) bond motifs is 1. The number of rotatable bonds is 12. The number of nitrogens with zero attached hydrogens (tertiary/aromatic N) is 2. The molecular formula is C28H28N4O4. The molecule has 1 aromatic heterocycles. The van der Waals surface area contributed by atoms with Gasteiger partial charge in [0.05, 0.1) is 17.7 Å². The molecule has 0 atom stereocenters. The van der Waals surface area contributed by atoms with Gasteiger partial charge in [-0.1, -0.05) is 42.5 Å². The van der Waals surface area contributed by atoms with Crippen LogP contribution in [0.25, 0.3) is 10.9 Å². The number of carbonyl (C=O) groups excluding carboxylic acids is 2. The van der Waals surface area contributed by atoms with Crippen molar-refractivity contribution < 1.29 is 19.1 Å². The molecule has 184 valence electrons. The van der Waals surface area contributed by atoms with Crippen LogP contribution in [0.15, 0.2) is 73.1 Å². The monoisotopic (exact) mass is 484 g/mol. The first kappa shape index (κ1) is 24.8. The maximum atomic E-state index is 12.9. The zero-order chi connectivity index (χ0) is 25.3. The largest absolute Gasteiger partial charge is 0.493 e. The summed E-state index contributed by atoms with van der Waals surface area (Å²) >= 11 is 0. The van der Waals surface area contributed by atoms with Gasteiger partial charge in [-0.05, 0) is 35.4 Å². The third kappa shape index (κ3) is 6.22. The number of nitrogens with one attached hydrogen (secondary N) is 1. The lowest BCUT2D eigenvalue weighted by molar-refractivity contribution is 0.0987. The lowest BCUT2D eigenvalue weighted by Crippen LogP contribution is -2.12. The molecule has 1 heterocycles. The summed E-state index contributed by atoms with van der Waals surface area (Å²) in [5, 5.41) is 4.02. The van der Waals surface area contributed by atoms with Crippen LogP contribution in [0.1, 0.15) is 38.3 Å². The highest BCUT2D eigenvalue weighted by atomic mass is 16.5. The molecular weight excluding hydrogens is 456 g/mol. The molecule has 0 spiro atoms. The van der Waals surface area contributed by atoms with Crippen molar-refractivity contribution in [3.63, 3.8) is 0 Å². The number of amides is 1. The number of hydrogen-bond acceptors (Lipinski definition) is 7. The van der Waals surface area contributed by atoms with Crippen LogP contribution < -0.4 is 15.8 Å². The summed E-state index contributed by atoms with van der Waals surface area (Å²) in [6.45, 7) is 1.65. The van der Waals surface area contributed by atoms with Crippen LogP contribution in [0.5, 0.6) is 5.75 Å². The number of ether oxygens (including phenoxy) is 2. The SMILES string of the molecule is COCCCOc1cccc(C(=O)Cc2cccc(CNc3ncnc4c(C(N)=O)cccc34)c2)c1. The second kappa shape index (κ2) is 11.9. The van der Waals surface area contributed by atoms with E-state index in [2.05, 4.69) is 15.3 Å². The Kier molecular flexibility index (Phi) is 8.20. The highest BCUT2D eigenvalue weighted by molar-refractivity contribution is 6.06. The number of para-hydroxylation sites is 1. The molecule has 8 nitrogen and oxygen atoms in total. The molecule has 1 amide bonds. The highest BCUT2D eigenvalue weighted by Crippen LogP contribution is 2.23. The summed E-state index contributed by atoms with van der Waals surface area (Å²) in [5.74, 6) is 0.757. The van der Waals surface area contributed by atoms with Gasteiger partial charge in [0.25, 0.3) is 5.91 Å². The summed E-state index contributed by atoms with van der Waals surface area (Å²) in [5.41, 5.74) is 8.85. The Labute approximate surface area is 209 Å². The van der Waals surface area contributed by atoms with Crippen molar-refractivity contribution in [1.29, 1.82) is 0 Å². The number of aromatic nitrogens is 2. The van der Waals surface area contributed by atoms with E-state index in [0.717, 1.165) is 17.5 Å². The first-order chi connectivity index (χ1) is 17.5. The summed E-state index contributed by atoms with van der Waals surface area (Å²) < 4.78 is 10.7. The molecule has 3 N–H and O–H groups in total. The van der Waals surface area contributed by atoms with Gasteiger partial charge in [-0.2, -0.15) is 0 Å². The topological polar surface area (TPSA) is 116 Å². The molecule has 0 unspecified atom stereocenters. The zero-order valence-electron chi connectivity index (χ0n) is 20.1. The average molecular weight is 485 g/mol. The molecule has 0 fully saturated rings. The first-order valence-corrected chi connectivity index (χ1v) is 11.7. The number of benzene rings is 3. The van der Waals surface area contributed by atoms with Gasteiger partial charge in [-0.3, -0.25) is 9.59 Å². The van der Waals surface area contributed by atoms with Gasteiger partial charge in [0, 0.05) is 44.1 Å². The summed E-state index contributed by atoms with van der Waals surface area (Å²) in [7, 11) is 1.66. The van der Waals surface area contributed by atoms with Crippen LogP contribution >= 0.6 is 0 Å². The van der Waals surface area contributed by atoms with Gasteiger partial charge >= 0.3 is 0 Å². The van der Waals surface area contributed by atoms with Crippen LogP contribution in [0.3, 0.4) is 0 Å². The van der Waals surface area contributed by atoms with E-state index in [-0.39, 0.29) is 12.2 Å². The Morgan fingerprint density at radius 1 is 0.944 bits per heavy atom. The van der Waals surface area contributed by atoms with Crippen LogP contribution in [0, 0.1) is 0 Å². The van der Waals surface area contributed by atoms with E-state index in [1.54, 1.807) is 31.4 Å². The second-order valence-corrected chi connectivity index (χ2v) is 8.28. The van der Waals surface area contributed by atoms with Crippen molar-refractivity contribution in [1.82, 2.24) is 9.97 Å². The molecule has 36 heavy (non-hydrogen) atoms. The van der Waals surface area contributed by atoms with Gasteiger partial charge < -0.3 is 20.5 Å². The number of carbonyl (C=O) groups is 2. The number of methoxy groups -OCH3 is 1. The van der Waals surface area contributed by atoms with Crippen LogP contribution in [-0.4, -0.2) is 42.0 Å². The smallest absolute Gasteiger partial charge is 0.250 e. The minimum Gasteiger partial charge on any atom is -0.493 e. The summed E-state index contributed by atoms with van der Waals surface area (Å²) in [6.07, 6.45) is 2.47. The van der Waals surface area contributed by atoms with Crippen molar-refractivity contribution >= 4 is 28.4 Å². The molecule has 0 saturated heterocycles. The van der Waals surface area contributed by atoms with Gasteiger partial charge in [0.2, 0.25) is 0 Å². The number of anilines is 1. The molecule has 0 aliphatic heterocycles. The third-order valence-corrected chi connectivity index (χ3v) is 5.66. The number of primary amides is 1. The number of Topliss-reactive ketones (excluding diaryl/α,β-unsaturated/α-hetero) is 1. The Bertz CT molecular complexity index is 1370. The Morgan fingerprint density at radius 3 is 2.58 bits per heavy atom. The van der Waals surface area contributed by atoms with E-state index in [1.165, 1.54) is 6.33 Å². The van der Waals surface area contributed by atoms with Crippen LogP contribution in [-0.2, 0) is 17.7 Å². The fourth-order valence-electron chi connectivity index (χ4n) is 3.90. The summed E-state index contributed by atoms with van der Waals surface area (Å²) in [6, 6.07) is 20.3. The highest BCUT2D eigenvalue weighted by Gasteiger charge is 2.12. The van der Waals surface area contributed by atoms with E-state index in [4.69, 9.17) is 15.2 Å². The maximum absolute atomic E-state index is 12.9. The predicted octanol–water partition coefficient (Wildman–Crippen LogP) is 4.18. The number of ketones is 1. The van der Waals surface area contributed by atoms with E-state index in [9.17, 15) is 9.59 Å². The molecule has 4 rings (SSSR count). The molecule has 0 bridgehead atoms. The van der Waals surface area contributed by atoms with E-state index >= 15 is 0 Å². The lowest BCUT2D eigenvalue weighted by Gasteiger charge is -2.11. The Hall–Kier alpha value is -4.30. The lowest BCUT2D eigenvalue weighted by atomic mass is 10.0. The van der Waals surface area contributed by atoms with Crippen molar-refractivity contribution in [2.45, 2.75) is 19.4 Å². The maximum Gasteiger partial charge on any atom is 0.250 e. The van der Waals surface area contributed by atoms with E-state index < -0.39 is 5.91 Å². The molecule has 0 aliphatic rings.